The Bertz CT molecular complexity index is 6740. The first kappa shape index (κ1) is 88.4. The van der Waals surface area contributed by atoms with Gasteiger partial charge in [-0.05, 0) is 200 Å². The molecule has 0 aromatic heterocycles. The minimum atomic E-state index is -0.264. The van der Waals surface area contributed by atoms with Crippen LogP contribution >= 0.6 is 0 Å². The Hall–Kier alpha value is -15.6. The van der Waals surface area contributed by atoms with Gasteiger partial charge < -0.3 is 0 Å². The van der Waals surface area contributed by atoms with Crippen LogP contribution in [-0.2, 0) is 21.7 Å². The van der Waals surface area contributed by atoms with Gasteiger partial charge in [0.1, 0.15) is 0 Å². The Morgan fingerprint density at radius 3 is 0.689 bits per heavy atom. The smallest absolute Gasteiger partial charge is 0.0622 e. The van der Waals surface area contributed by atoms with Gasteiger partial charge in [-0.25, -0.2) is 0 Å². The van der Waals surface area contributed by atoms with E-state index in [0.29, 0.717) is 0 Å². The lowest BCUT2D eigenvalue weighted by atomic mass is 9.67. The van der Waals surface area contributed by atoms with Gasteiger partial charge in [0.15, 0.2) is 0 Å². The van der Waals surface area contributed by atoms with E-state index in [0.717, 1.165) is 0 Å². The molecule has 0 saturated carbocycles. The van der Waals surface area contributed by atoms with Crippen molar-refractivity contribution in [2.24, 2.45) is 0 Å². The molecule has 0 fully saturated rings. The molecule has 0 saturated heterocycles. The summed E-state index contributed by atoms with van der Waals surface area (Å²) in [4.78, 5) is 0. The third kappa shape index (κ3) is 17.4. The molecular weight excluding hydrogens is 1590 g/mol. The zero-order valence-electron chi connectivity index (χ0n) is 76.8. The second-order valence-electron chi connectivity index (χ2n) is 34.8. The molecule has 0 heterocycles. The van der Waals surface area contributed by atoms with Gasteiger partial charge in [-0.15, -0.1) is 0 Å². The van der Waals surface area contributed by atoms with Crippen LogP contribution in [0, 0.1) is 55.4 Å². The van der Waals surface area contributed by atoms with Crippen LogP contribution in [0.5, 0.6) is 0 Å². The Morgan fingerprint density at radius 1 is 0.121 bits per heavy atom. The van der Waals surface area contributed by atoms with E-state index in [1.54, 1.807) is 0 Å². The molecular formula is C132H112. The summed E-state index contributed by atoms with van der Waals surface area (Å²) in [7, 11) is 0. The lowest BCUT2D eigenvalue weighted by Crippen LogP contribution is -2.29. The third-order valence-corrected chi connectivity index (χ3v) is 26.4. The molecule has 132 heavy (non-hydrogen) atoms. The minimum absolute atomic E-state index is 0.262. The van der Waals surface area contributed by atoms with Crippen LogP contribution in [0.3, 0.4) is 0 Å². The van der Waals surface area contributed by atoms with Crippen molar-refractivity contribution in [1.82, 2.24) is 0 Å². The van der Waals surface area contributed by atoms with Crippen LogP contribution in [0.15, 0.2) is 534 Å². The van der Waals surface area contributed by atoms with Crippen LogP contribution in [-0.4, -0.2) is 0 Å². The molecule has 0 amide bonds. The molecule has 0 bridgehead atoms. The Labute approximate surface area is 783 Å². The Balaban J connectivity index is 0.000000111. The number of hydrogen-bond donors (Lipinski definition) is 0. The number of hydrogen-bond acceptors (Lipinski definition) is 0. The summed E-state index contributed by atoms with van der Waals surface area (Å²) >= 11 is 0. The maximum absolute atomic E-state index is 2.37. The normalized spacial score (nSPS) is 12.8. The lowest BCUT2D eigenvalue weighted by Gasteiger charge is -2.34. The predicted octanol–water partition coefficient (Wildman–Crippen LogP) is 33.4. The van der Waals surface area contributed by atoms with Gasteiger partial charge in [-0.3, -0.25) is 0 Å². The summed E-state index contributed by atoms with van der Waals surface area (Å²) in [5.41, 5.74) is 42.0. The van der Waals surface area contributed by atoms with E-state index in [2.05, 4.69) is 516 Å². The molecule has 0 spiro atoms. The fourth-order valence-corrected chi connectivity index (χ4v) is 20.6. The average Bonchev–Trinajstić information content (AvgIpc) is 1.58. The van der Waals surface area contributed by atoms with Crippen molar-refractivity contribution in [3.05, 3.63) is 667 Å². The summed E-state index contributed by atoms with van der Waals surface area (Å²) in [5.74, 6) is 0. The van der Waals surface area contributed by atoms with Crippen LogP contribution in [0.4, 0.5) is 0 Å². The zero-order valence-corrected chi connectivity index (χ0v) is 76.8. The fourth-order valence-electron chi connectivity index (χ4n) is 20.6. The van der Waals surface area contributed by atoms with Crippen LogP contribution in [0.25, 0.3) is 44.5 Å². The summed E-state index contributed by atoms with van der Waals surface area (Å²) in [5, 5.41) is 0. The molecule has 0 aliphatic heterocycles. The maximum Gasteiger partial charge on any atom is 0.0716 e. The molecule has 0 heteroatoms. The highest BCUT2D eigenvalue weighted by molar-refractivity contribution is 5.91. The molecule has 0 atom stereocenters. The van der Waals surface area contributed by atoms with Gasteiger partial charge in [0.25, 0.3) is 0 Å². The van der Waals surface area contributed by atoms with E-state index in [-0.39, 0.29) is 21.7 Å². The van der Waals surface area contributed by atoms with E-state index in [4.69, 9.17) is 0 Å². The van der Waals surface area contributed by atoms with Crippen LogP contribution < -0.4 is 0 Å². The first-order valence-electron chi connectivity index (χ1n) is 46.2. The second kappa shape index (κ2) is 40.8. The molecule has 0 radical (unpaired) electrons. The van der Waals surface area contributed by atoms with E-state index in [1.807, 2.05) is 72.8 Å². The summed E-state index contributed by atoms with van der Waals surface area (Å²) in [6.07, 6.45) is 0. The summed E-state index contributed by atoms with van der Waals surface area (Å²) < 4.78 is 0. The van der Waals surface area contributed by atoms with Crippen molar-refractivity contribution in [1.29, 1.82) is 0 Å². The van der Waals surface area contributed by atoms with Crippen molar-refractivity contribution in [3.8, 4) is 44.5 Å². The SMILES string of the molecule is Cc1ccc2c(c1)-c1ccccc1C2(c1ccccc1)c1ccccc1.Cc1ccc2c(c1)C(c1ccccc1)(c1ccccc1)c1ccccc1-2.Cc1cccc2c1-c1ccccc1C2(c1ccccc1)c1ccccc1.Cc1cccc2c1C(c1ccccc1)(c1ccccc1)c1ccccc1-2.Cc1ccccc1.Cc1ccccc1.Cc1ccccc1.Cc1ccccc1. The summed E-state index contributed by atoms with van der Waals surface area (Å²) in [6, 6.07) is 191. The highest BCUT2D eigenvalue weighted by Gasteiger charge is 2.50. The summed E-state index contributed by atoms with van der Waals surface area (Å²) in [6.45, 7) is 17.2. The van der Waals surface area contributed by atoms with Gasteiger partial charge in [0, 0.05) is 0 Å². The highest BCUT2D eigenvalue weighted by atomic mass is 14.5. The lowest BCUT2D eigenvalue weighted by molar-refractivity contribution is 0.762. The number of benzene rings is 20. The van der Waals surface area contributed by atoms with Gasteiger partial charge >= 0.3 is 0 Å². The van der Waals surface area contributed by atoms with Crippen molar-refractivity contribution >= 4 is 0 Å². The Kier molecular flexibility index (Phi) is 27.3. The monoisotopic (exact) mass is 1700 g/mol. The average molecular weight is 1700 g/mol. The highest BCUT2D eigenvalue weighted by Crippen LogP contribution is 2.61. The van der Waals surface area contributed by atoms with Crippen LogP contribution in [0.2, 0.25) is 0 Å². The van der Waals surface area contributed by atoms with E-state index >= 15 is 0 Å². The Morgan fingerprint density at radius 2 is 0.341 bits per heavy atom. The molecule has 0 N–H and O–H groups in total. The standard InChI is InChI=1S/4C26H20.4C7H8/c1-19-11-10-17-23-22-16-8-9-18-24(22)26(25(19)23,20-12-4-2-5-13-20)21-14-6-3-7-15-21;1-19-11-10-18-24-25(19)22-16-8-9-17-23(22)26(24,20-12-4-2-5-13-20)21-14-6-3-7-15-21;1-19-16-17-25-23(18-19)22-14-8-9-15-24(22)26(25,20-10-4-2-5-11-20)21-12-6-3-7-13-21;1-19-16-17-23-22-14-8-9-15-24(22)26(25(23)18-19,20-10-4-2-5-11-20)21-12-6-3-7-13-21;4*1-7-5-3-2-4-6-7/h4*2-18H,1H3;4*2-6H,1H3. The second-order valence-corrected chi connectivity index (χ2v) is 34.8. The fraction of sp³-hybridized carbons (Fsp3) is 0.0909. The quantitative estimate of drug-likeness (QED) is 0.142. The van der Waals surface area contributed by atoms with E-state index in [1.165, 1.54) is 178 Å². The van der Waals surface area contributed by atoms with Crippen LogP contribution in [0.1, 0.15) is 134 Å². The van der Waals surface area contributed by atoms with Crippen molar-refractivity contribution in [3.63, 3.8) is 0 Å². The van der Waals surface area contributed by atoms with Gasteiger partial charge in [0.05, 0.1) is 21.7 Å². The number of fused-ring (bicyclic) bond motifs is 12. The molecule has 0 unspecified atom stereocenters. The van der Waals surface area contributed by atoms with Gasteiger partial charge in [0.2, 0.25) is 0 Å². The predicted molar refractivity (Wildman–Crippen MR) is 559 cm³/mol. The largest absolute Gasteiger partial charge is 0.0716 e. The molecule has 4 aliphatic rings. The van der Waals surface area contributed by atoms with Gasteiger partial charge in [-0.2, -0.15) is 0 Å². The maximum atomic E-state index is 2.37. The molecule has 20 aromatic carbocycles. The molecule has 640 valence electrons. The number of rotatable bonds is 8. The van der Waals surface area contributed by atoms with Gasteiger partial charge in [-0.1, -0.05) is 567 Å². The molecule has 20 aromatic rings. The zero-order chi connectivity index (χ0) is 90.7. The minimum Gasteiger partial charge on any atom is -0.0622 e. The van der Waals surface area contributed by atoms with E-state index in [9.17, 15) is 0 Å². The third-order valence-electron chi connectivity index (χ3n) is 26.4. The first-order valence-corrected chi connectivity index (χ1v) is 46.2. The number of aryl methyl sites for hydroxylation is 8. The van der Waals surface area contributed by atoms with Crippen molar-refractivity contribution < 1.29 is 0 Å². The van der Waals surface area contributed by atoms with Crippen molar-refractivity contribution in [2.45, 2.75) is 77.0 Å². The van der Waals surface area contributed by atoms with E-state index < -0.39 is 0 Å². The molecule has 24 rings (SSSR count). The van der Waals surface area contributed by atoms with Crippen molar-refractivity contribution in [2.75, 3.05) is 0 Å². The first-order chi connectivity index (χ1) is 64.9. The molecule has 4 aliphatic carbocycles. The molecule has 0 nitrogen and oxygen atoms in total. The topological polar surface area (TPSA) is 0 Å².